The minimum Gasteiger partial charge on any atom is -0.493 e. The SMILES string of the molecule is COc1cccc2cc(C(=O)Nc3ccc4c(c3)OC3(CCCC3)O4)oc12. The number of amides is 1. The highest BCUT2D eigenvalue weighted by molar-refractivity contribution is 6.05. The molecule has 5 rings (SSSR count). The summed E-state index contributed by atoms with van der Waals surface area (Å²) in [5.74, 6) is 1.36. The number of para-hydroxylation sites is 1. The minimum absolute atomic E-state index is 0.222. The van der Waals surface area contributed by atoms with E-state index in [0.717, 1.165) is 36.8 Å². The molecular formula is C21H19NO5. The molecule has 0 saturated heterocycles. The summed E-state index contributed by atoms with van der Waals surface area (Å²) in [5, 5.41) is 3.67. The van der Waals surface area contributed by atoms with Crippen LogP contribution in [-0.2, 0) is 0 Å². The van der Waals surface area contributed by atoms with Gasteiger partial charge in [0.25, 0.3) is 11.7 Å². The van der Waals surface area contributed by atoms with E-state index in [1.54, 1.807) is 31.4 Å². The standard InChI is InChI=1S/C21H19NO5/c1-24-16-6-4-5-13-11-18(25-19(13)16)20(23)22-14-7-8-15-17(12-14)27-21(26-15)9-2-3-10-21/h4-8,11-12H,2-3,9-10H2,1H3,(H,22,23). The molecule has 138 valence electrons. The van der Waals surface area contributed by atoms with Crippen molar-refractivity contribution in [1.82, 2.24) is 0 Å². The lowest BCUT2D eigenvalue weighted by molar-refractivity contribution is -0.0716. The average Bonchev–Trinajstić information content (AvgIpc) is 3.39. The highest BCUT2D eigenvalue weighted by Gasteiger charge is 2.44. The molecule has 1 amide bonds. The summed E-state index contributed by atoms with van der Waals surface area (Å²) in [7, 11) is 1.57. The predicted molar refractivity (Wildman–Crippen MR) is 99.6 cm³/mol. The van der Waals surface area contributed by atoms with Crippen molar-refractivity contribution in [2.75, 3.05) is 12.4 Å². The van der Waals surface area contributed by atoms with E-state index >= 15 is 0 Å². The van der Waals surface area contributed by atoms with Gasteiger partial charge in [0.2, 0.25) is 0 Å². The number of hydrogen-bond donors (Lipinski definition) is 1. The fourth-order valence-electron chi connectivity index (χ4n) is 3.79. The maximum Gasteiger partial charge on any atom is 0.291 e. The first kappa shape index (κ1) is 16.1. The number of carbonyl (C=O) groups excluding carboxylic acids is 1. The Morgan fingerprint density at radius 3 is 2.70 bits per heavy atom. The molecule has 1 aliphatic heterocycles. The molecule has 2 heterocycles. The molecule has 1 saturated carbocycles. The van der Waals surface area contributed by atoms with E-state index in [2.05, 4.69) is 5.32 Å². The zero-order chi connectivity index (χ0) is 18.4. The van der Waals surface area contributed by atoms with Crippen molar-refractivity contribution >= 4 is 22.6 Å². The van der Waals surface area contributed by atoms with Gasteiger partial charge < -0.3 is 23.9 Å². The number of benzene rings is 2. The number of carbonyl (C=O) groups is 1. The van der Waals surface area contributed by atoms with Crippen LogP contribution in [0.3, 0.4) is 0 Å². The second-order valence-electron chi connectivity index (χ2n) is 6.93. The number of nitrogens with one attached hydrogen (secondary N) is 1. The molecule has 1 spiro atoms. The molecule has 1 N–H and O–H groups in total. The number of methoxy groups -OCH3 is 1. The van der Waals surface area contributed by atoms with Gasteiger partial charge in [-0.25, -0.2) is 0 Å². The third-order valence-corrected chi connectivity index (χ3v) is 5.11. The molecular weight excluding hydrogens is 346 g/mol. The van der Waals surface area contributed by atoms with Crippen molar-refractivity contribution in [3.8, 4) is 17.2 Å². The number of ether oxygens (including phenoxy) is 3. The van der Waals surface area contributed by atoms with Crippen molar-refractivity contribution in [1.29, 1.82) is 0 Å². The molecule has 0 atom stereocenters. The van der Waals surface area contributed by atoms with Crippen LogP contribution in [0.5, 0.6) is 17.2 Å². The van der Waals surface area contributed by atoms with Gasteiger partial charge in [-0.05, 0) is 37.1 Å². The fraction of sp³-hybridized carbons (Fsp3) is 0.286. The number of furan rings is 1. The van der Waals surface area contributed by atoms with Crippen LogP contribution in [0.2, 0.25) is 0 Å². The third kappa shape index (κ3) is 2.68. The lowest BCUT2D eigenvalue weighted by atomic mass is 10.2. The van der Waals surface area contributed by atoms with Crippen molar-refractivity contribution in [3.05, 3.63) is 48.2 Å². The predicted octanol–water partition coefficient (Wildman–Crippen LogP) is 4.74. The van der Waals surface area contributed by atoms with Gasteiger partial charge >= 0.3 is 0 Å². The molecule has 0 unspecified atom stereocenters. The zero-order valence-electron chi connectivity index (χ0n) is 14.9. The Bertz CT molecular complexity index is 1030. The Labute approximate surface area is 156 Å². The molecule has 0 bridgehead atoms. The van der Waals surface area contributed by atoms with Gasteiger partial charge in [-0.3, -0.25) is 4.79 Å². The second-order valence-corrected chi connectivity index (χ2v) is 6.93. The quantitative estimate of drug-likeness (QED) is 0.726. The van der Waals surface area contributed by atoms with Crippen molar-refractivity contribution < 1.29 is 23.4 Å². The number of rotatable bonds is 3. The normalized spacial score (nSPS) is 16.8. The summed E-state index contributed by atoms with van der Waals surface area (Å²) in [4.78, 5) is 12.6. The Hall–Kier alpha value is -3.15. The summed E-state index contributed by atoms with van der Waals surface area (Å²) < 4.78 is 23.0. The van der Waals surface area contributed by atoms with Crippen LogP contribution in [0.15, 0.2) is 46.9 Å². The third-order valence-electron chi connectivity index (χ3n) is 5.11. The summed E-state index contributed by atoms with van der Waals surface area (Å²) in [6.45, 7) is 0. The molecule has 1 aromatic heterocycles. The summed E-state index contributed by atoms with van der Waals surface area (Å²) in [6, 6.07) is 12.7. The molecule has 1 aliphatic carbocycles. The first-order chi connectivity index (χ1) is 13.2. The summed E-state index contributed by atoms with van der Waals surface area (Å²) in [6.07, 6.45) is 3.99. The van der Waals surface area contributed by atoms with Gasteiger partial charge in [0.1, 0.15) is 0 Å². The maximum atomic E-state index is 12.6. The van der Waals surface area contributed by atoms with Gasteiger partial charge in [-0.1, -0.05) is 12.1 Å². The maximum absolute atomic E-state index is 12.6. The van der Waals surface area contributed by atoms with Crippen LogP contribution >= 0.6 is 0 Å². The fourth-order valence-corrected chi connectivity index (χ4v) is 3.79. The van der Waals surface area contributed by atoms with E-state index in [4.69, 9.17) is 18.6 Å². The zero-order valence-corrected chi connectivity index (χ0v) is 14.9. The topological polar surface area (TPSA) is 69.9 Å². The Balaban J connectivity index is 1.38. The van der Waals surface area contributed by atoms with Gasteiger partial charge in [-0.2, -0.15) is 0 Å². The van der Waals surface area contributed by atoms with Gasteiger partial charge in [0, 0.05) is 30.0 Å². The number of anilines is 1. The lowest BCUT2D eigenvalue weighted by Crippen LogP contribution is -2.34. The van der Waals surface area contributed by atoms with Gasteiger partial charge in [0.05, 0.1) is 7.11 Å². The van der Waals surface area contributed by atoms with E-state index in [0.29, 0.717) is 22.8 Å². The van der Waals surface area contributed by atoms with E-state index in [1.165, 1.54) is 0 Å². The van der Waals surface area contributed by atoms with Gasteiger partial charge in [0.15, 0.2) is 28.6 Å². The van der Waals surface area contributed by atoms with Crippen molar-refractivity contribution in [2.45, 2.75) is 31.5 Å². The molecule has 1 fully saturated rings. The average molecular weight is 365 g/mol. The Morgan fingerprint density at radius 2 is 1.89 bits per heavy atom. The minimum atomic E-state index is -0.514. The number of hydrogen-bond acceptors (Lipinski definition) is 5. The van der Waals surface area contributed by atoms with E-state index < -0.39 is 5.79 Å². The smallest absolute Gasteiger partial charge is 0.291 e. The Morgan fingerprint density at radius 1 is 1.07 bits per heavy atom. The van der Waals surface area contributed by atoms with Gasteiger partial charge in [-0.15, -0.1) is 0 Å². The first-order valence-electron chi connectivity index (χ1n) is 9.06. The Kier molecular flexibility index (Phi) is 3.53. The summed E-state index contributed by atoms with van der Waals surface area (Å²) in [5.41, 5.74) is 1.18. The molecule has 2 aromatic carbocycles. The highest BCUT2D eigenvalue weighted by Crippen LogP contribution is 2.47. The monoisotopic (exact) mass is 365 g/mol. The van der Waals surface area contributed by atoms with Crippen LogP contribution in [-0.4, -0.2) is 18.8 Å². The molecule has 3 aromatic rings. The molecule has 27 heavy (non-hydrogen) atoms. The second kappa shape index (κ2) is 5.94. The largest absolute Gasteiger partial charge is 0.493 e. The van der Waals surface area contributed by atoms with E-state index in [1.807, 2.05) is 18.2 Å². The first-order valence-corrected chi connectivity index (χ1v) is 9.06. The van der Waals surface area contributed by atoms with E-state index in [9.17, 15) is 4.79 Å². The molecule has 6 heteroatoms. The van der Waals surface area contributed by atoms with Crippen LogP contribution < -0.4 is 19.5 Å². The lowest BCUT2D eigenvalue weighted by Gasteiger charge is -2.21. The molecule has 2 aliphatic rings. The van der Waals surface area contributed by atoms with Crippen molar-refractivity contribution in [2.24, 2.45) is 0 Å². The molecule has 6 nitrogen and oxygen atoms in total. The van der Waals surface area contributed by atoms with Crippen LogP contribution in [0.4, 0.5) is 5.69 Å². The van der Waals surface area contributed by atoms with Crippen molar-refractivity contribution in [3.63, 3.8) is 0 Å². The number of fused-ring (bicyclic) bond motifs is 2. The molecule has 0 radical (unpaired) electrons. The van der Waals surface area contributed by atoms with Crippen LogP contribution in [0, 0.1) is 0 Å². The van der Waals surface area contributed by atoms with Crippen LogP contribution in [0.1, 0.15) is 36.2 Å². The highest BCUT2D eigenvalue weighted by atomic mass is 16.7. The van der Waals surface area contributed by atoms with Crippen LogP contribution in [0.25, 0.3) is 11.0 Å². The van der Waals surface area contributed by atoms with E-state index in [-0.39, 0.29) is 11.7 Å². The summed E-state index contributed by atoms with van der Waals surface area (Å²) >= 11 is 0.